The lowest BCUT2D eigenvalue weighted by Crippen LogP contribution is -2.33. The lowest BCUT2D eigenvalue weighted by atomic mass is 10.0. The summed E-state index contributed by atoms with van der Waals surface area (Å²) in [7, 11) is -3.28. The van der Waals surface area contributed by atoms with Gasteiger partial charge in [-0.3, -0.25) is 0 Å². The summed E-state index contributed by atoms with van der Waals surface area (Å²) in [4.78, 5) is 0.212. The van der Waals surface area contributed by atoms with E-state index >= 15 is 0 Å². The van der Waals surface area contributed by atoms with Crippen LogP contribution in [0.25, 0.3) is 0 Å². The molecule has 0 amide bonds. The largest absolute Gasteiger partial charge is 0.316 e. The normalized spacial score (nSPS) is 21.4. The van der Waals surface area contributed by atoms with Gasteiger partial charge in [-0.05, 0) is 56.1 Å². The maximum absolute atomic E-state index is 12.7. The van der Waals surface area contributed by atoms with Crippen LogP contribution in [0.1, 0.15) is 12.8 Å². The van der Waals surface area contributed by atoms with E-state index in [1.807, 2.05) is 0 Å². The van der Waals surface area contributed by atoms with E-state index in [-0.39, 0.29) is 16.6 Å². The van der Waals surface area contributed by atoms with Gasteiger partial charge in [0, 0.05) is 0 Å². The molecular formula is C12H16FNO2S. The maximum atomic E-state index is 12.7. The molecule has 3 nitrogen and oxygen atoms in total. The van der Waals surface area contributed by atoms with Crippen molar-refractivity contribution in [2.45, 2.75) is 17.7 Å². The van der Waals surface area contributed by atoms with Crippen molar-refractivity contribution >= 4 is 9.84 Å². The second-order valence-corrected chi connectivity index (χ2v) is 6.48. The summed E-state index contributed by atoms with van der Waals surface area (Å²) in [6, 6.07) is 5.04. The quantitative estimate of drug-likeness (QED) is 0.837. The molecule has 1 fully saturated rings. The Hall–Kier alpha value is -0.940. The molecule has 1 aromatic rings. The van der Waals surface area contributed by atoms with Gasteiger partial charge in [-0.25, -0.2) is 12.8 Å². The Bertz CT molecular complexity index is 464. The average Bonchev–Trinajstić information content (AvgIpc) is 2.30. The van der Waals surface area contributed by atoms with Gasteiger partial charge in [0.15, 0.2) is 9.84 Å². The van der Waals surface area contributed by atoms with Crippen molar-refractivity contribution in [3.8, 4) is 0 Å². The van der Waals surface area contributed by atoms with E-state index in [9.17, 15) is 12.8 Å². The molecule has 5 heteroatoms. The number of halogens is 1. The zero-order chi connectivity index (χ0) is 12.3. The molecule has 1 N–H and O–H groups in total. The number of nitrogens with one attached hydrogen (secondary N) is 1. The molecule has 0 aliphatic carbocycles. The minimum absolute atomic E-state index is 0.144. The molecule has 1 saturated heterocycles. The third kappa shape index (κ3) is 3.26. The summed E-state index contributed by atoms with van der Waals surface area (Å²) in [5.74, 6) is -0.104. The highest BCUT2D eigenvalue weighted by Gasteiger charge is 2.22. The minimum Gasteiger partial charge on any atom is -0.316 e. The monoisotopic (exact) mass is 257 g/mol. The lowest BCUT2D eigenvalue weighted by molar-refractivity contribution is 0.404. The average molecular weight is 257 g/mol. The second-order valence-electron chi connectivity index (χ2n) is 4.45. The number of piperidine rings is 1. The van der Waals surface area contributed by atoms with E-state index < -0.39 is 15.7 Å². The van der Waals surface area contributed by atoms with Crippen molar-refractivity contribution in [1.29, 1.82) is 0 Å². The third-order valence-electron chi connectivity index (χ3n) is 3.03. The molecule has 0 unspecified atom stereocenters. The molecule has 1 heterocycles. The highest BCUT2D eigenvalue weighted by atomic mass is 32.2. The van der Waals surface area contributed by atoms with Crippen LogP contribution in [-0.2, 0) is 9.84 Å². The van der Waals surface area contributed by atoms with Crippen LogP contribution in [0.4, 0.5) is 4.39 Å². The zero-order valence-electron chi connectivity index (χ0n) is 9.52. The number of hydrogen-bond acceptors (Lipinski definition) is 3. The van der Waals surface area contributed by atoms with E-state index in [1.165, 1.54) is 24.3 Å². The second kappa shape index (κ2) is 5.14. The predicted molar refractivity (Wildman–Crippen MR) is 64.0 cm³/mol. The Labute approximate surface area is 101 Å². The van der Waals surface area contributed by atoms with Crippen LogP contribution in [0.15, 0.2) is 29.2 Å². The van der Waals surface area contributed by atoms with Crippen LogP contribution in [0.3, 0.4) is 0 Å². The Morgan fingerprint density at radius 1 is 1.29 bits per heavy atom. The molecule has 0 bridgehead atoms. The zero-order valence-corrected chi connectivity index (χ0v) is 10.3. The van der Waals surface area contributed by atoms with Gasteiger partial charge >= 0.3 is 0 Å². The first-order valence-corrected chi connectivity index (χ1v) is 7.42. The van der Waals surface area contributed by atoms with Crippen LogP contribution in [-0.4, -0.2) is 27.3 Å². The van der Waals surface area contributed by atoms with E-state index in [0.29, 0.717) is 0 Å². The van der Waals surface area contributed by atoms with Crippen molar-refractivity contribution < 1.29 is 12.8 Å². The van der Waals surface area contributed by atoms with Gasteiger partial charge in [0.25, 0.3) is 0 Å². The molecular weight excluding hydrogens is 241 g/mol. The van der Waals surface area contributed by atoms with E-state index in [1.54, 1.807) is 0 Å². The number of hydrogen-bond donors (Lipinski definition) is 1. The summed E-state index contributed by atoms with van der Waals surface area (Å²) in [6.45, 7) is 1.72. The first kappa shape index (κ1) is 12.5. The summed E-state index contributed by atoms with van der Waals surface area (Å²) >= 11 is 0. The Morgan fingerprint density at radius 3 is 2.59 bits per heavy atom. The molecule has 17 heavy (non-hydrogen) atoms. The summed E-state index contributed by atoms with van der Waals surface area (Å²) in [5, 5.41) is 3.19. The van der Waals surface area contributed by atoms with Gasteiger partial charge < -0.3 is 5.32 Å². The molecule has 0 spiro atoms. The van der Waals surface area contributed by atoms with Gasteiger partial charge in [-0.2, -0.15) is 0 Å². The van der Waals surface area contributed by atoms with Crippen molar-refractivity contribution in [3.63, 3.8) is 0 Å². The van der Waals surface area contributed by atoms with Crippen LogP contribution in [0.5, 0.6) is 0 Å². The molecule has 0 radical (unpaired) electrons. The highest BCUT2D eigenvalue weighted by Crippen LogP contribution is 2.18. The van der Waals surface area contributed by atoms with Gasteiger partial charge in [0.05, 0.1) is 10.6 Å². The van der Waals surface area contributed by atoms with Crippen LogP contribution < -0.4 is 5.32 Å². The fourth-order valence-electron chi connectivity index (χ4n) is 2.11. The lowest BCUT2D eigenvalue weighted by Gasteiger charge is -2.22. The van der Waals surface area contributed by atoms with Gasteiger partial charge in [0.1, 0.15) is 5.82 Å². The van der Waals surface area contributed by atoms with Crippen molar-refractivity contribution in [2.75, 3.05) is 18.8 Å². The molecule has 1 aliphatic heterocycles. The molecule has 94 valence electrons. The Kier molecular flexibility index (Phi) is 3.79. The van der Waals surface area contributed by atoms with Crippen LogP contribution in [0, 0.1) is 11.7 Å². The maximum Gasteiger partial charge on any atom is 0.178 e. The number of benzene rings is 1. The molecule has 1 aliphatic rings. The van der Waals surface area contributed by atoms with E-state index in [4.69, 9.17) is 0 Å². The Morgan fingerprint density at radius 2 is 2.00 bits per heavy atom. The van der Waals surface area contributed by atoms with Gasteiger partial charge in [-0.1, -0.05) is 0 Å². The summed E-state index contributed by atoms with van der Waals surface area (Å²) in [6.07, 6.45) is 1.96. The fraction of sp³-hybridized carbons (Fsp3) is 0.500. The Balaban J connectivity index is 2.10. The van der Waals surface area contributed by atoms with E-state index in [0.717, 1.165) is 25.9 Å². The smallest absolute Gasteiger partial charge is 0.178 e. The summed E-state index contributed by atoms with van der Waals surface area (Å²) in [5.41, 5.74) is 0. The molecule has 0 saturated carbocycles. The number of rotatable bonds is 3. The molecule has 0 aromatic heterocycles. The molecule has 1 atom stereocenters. The standard InChI is InChI=1S/C12H16FNO2S/c13-11-3-5-12(6-4-11)17(15,16)9-10-2-1-7-14-8-10/h3-6,10,14H,1-2,7-9H2/t10-/m1/s1. The molecule has 1 aromatic carbocycles. The SMILES string of the molecule is O=S(=O)(C[C@@H]1CCCNC1)c1ccc(F)cc1. The van der Waals surface area contributed by atoms with Crippen molar-refractivity contribution in [3.05, 3.63) is 30.1 Å². The van der Waals surface area contributed by atoms with Crippen molar-refractivity contribution in [1.82, 2.24) is 5.32 Å². The van der Waals surface area contributed by atoms with Crippen molar-refractivity contribution in [2.24, 2.45) is 5.92 Å². The van der Waals surface area contributed by atoms with E-state index in [2.05, 4.69) is 5.32 Å². The van der Waals surface area contributed by atoms with Crippen LogP contribution in [0.2, 0.25) is 0 Å². The van der Waals surface area contributed by atoms with Gasteiger partial charge in [-0.15, -0.1) is 0 Å². The fourth-order valence-corrected chi connectivity index (χ4v) is 3.76. The highest BCUT2D eigenvalue weighted by molar-refractivity contribution is 7.91. The molecule has 2 rings (SSSR count). The first-order valence-electron chi connectivity index (χ1n) is 5.77. The van der Waals surface area contributed by atoms with Crippen LogP contribution >= 0.6 is 0 Å². The predicted octanol–water partition coefficient (Wildman–Crippen LogP) is 1.60. The summed E-state index contributed by atoms with van der Waals surface area (Å²) < 4.78 is 36.9. The topological polar surface area (TPSA) is 46.2 Å². The first-order chi connectivity index (χ1) is 8.08. The number of sulfone groups is 1. The minimum atomic E-state index is -3.28. The van der Waals surface area contributed by atoms with Gasteiger partial charge in [0.2, 0.25) is 0 Å². The third-order valence-corrected chi connectivity index (χ3v) is 4.93.